The molecule has 0 aromatic carbocycles. The molecule has 11 heavy (non-hydrogen) atoms. The molecular formula is C10H21N. The quantitative estimate of drug-likeness (QED) is 0.666. The van der Waals surface area contributed by atoms with Gasteiger partial charge in [-0.2, -0.15) is 0 Å². The Morgan fingerprint density at radius 3 is 2.27 bits per heavy atom. The summed E-state index contributed by atoms with van der Waals surface area (Å²) in [5, 5.41) is 0. The van der Waals surface area contributed by atoms with Crippen molar-refractivity contribution in [2.24, 2.45) is 17.6 Å². The Morgan fingerprint density at radius 2 is 1.82 bits per heavy atom. The van der Waals surface area contributed by atoms with Gasteiger partial charge in [0.15, 0.2) is 0 Å². The third-order valence-electron chi connectivity index (χ3n) is 2.94. The molecular weight excluding hydrogens is 134 g/mol. The first-order valence-electron chi connectivity index (χ1n) is 4.95. The van der Waals surface area contributed by atoms with Crippen molar-refractivity contribution in [3.8, 4) is 0 Å². The van der Waals surface area contributed by atoms with Gasteiger partial charge in [-0.1, -0.05) is 39.5 Å². The van der Waals surface area contributed by atoms with E-state index < -0.39 is 0 Å². The van der Waals surface area contributed by atoms with Gasteiger partial charge in [0.25, 0.3) is 0 Å². The predicted molar refractivity (Wildman–Crippen MR) is 49.4 cm³/mol. The van der Waals surface area contributed by atoms with Gasteiger partial charge in [0.2, 0.25) is 0 Å². The zero-order valence-corrected chi connectivity index (χ0v) is 7.84. The van der Waals surface area contributed by atoms with Crippen molar-refractivity contribution in [2.45, 2.75) is 52.0 Å². The van der Waals surface area contributed by atoms with Gasteiger partial charge in [-0.05, 0) is 18.3 Å². The normalized spacial score (nSPS) is 22.9. The average Bonchev–Trinajstić information content (AvgIpc) is 2.39. The molecule has 1 heteroatoms. The first-order valence-corrected chi connectivity index (χ1v) is 4.95. The summed E-state index contributed by atoms with van der Waals surface area (Å²) >= 11 is 0. The van der Waals surface area contributed by atoms with E-state index in [1.54, 1.807) is 0 Å². The van der Waals surface area contributed by atoms with Crippen LogP contribution in [0.5, 0.6) is 0 Å². The second-order valence-electron chi connectivity index (χ2n) is 4.29. The highest BCUT2D eigenvalue weighted by Crippen LogP contribution is 2.29. The van der Waals surface area contributed by atoms with Crippen molar-refractivity contribution in [3.63, 3.8) is 0 Å². The first-order chi connectivity index (χ1) is 5.20. The van der Waals surface area contributed by atoms with Gasteiger partial charge < -0.3 is 5.73 Å². The Hall–Kier alpha value is -0.0400. The summed E-state index contributed by atoms with van der Waals surface area (Å²) in [7, 11) is 0. The standard InChI is InChI=1S/C10H21N/c1-8(2)10(11)7-9-5-3-4-6-9/h8-10H,3-7,11H2,1-2H3. The number of hydrogen-bond donors (Lipinski definition) is 1. The van der Waals surface area contributed by atoms with E-state index in [1.807, 2.05) is 0 Å². The van der Waals surface area contributed by atoms with Crippen molar-refractivity contribution in [1.82, 2.24) is 0 Å². The molecule has 1 rings (SSSR count). The van der Waals surface area contributed by atoms with Crippen LogP contribution in [0.3, 0.4) is 0 Å². The van der Waals surface area contributed by atoms with Crippen LogP contribution in [0, 0.1) is 11.8 Å². The molecule has 0 aromatic heterocycles. The summed E-state index contributed by atoms with van der Waals surface area (Å²) < 4.78 is 0. The van der Waals surface area contributed by atoms with Gasteiger partial charge in [-0.15, -0.1) is 0 Å². The lowest BCUT2D eigenvalue weighted by atomic mass is 9.92. The molecule has 1 aliphatic carbocycles. The minimum atomic E-state index is 0.443. The van der Waals surface area contributed by atoms with Crippen molar-refractivity contribution in [1.29, 1.82) is 0 Å². The third-order valence-corrected chi connectivity index (χ3v) is 2.94. The summed E-state index contributed by atoms with van der Waals surface area (Å²) in [5.41, 5.74) is 6.00. The van der Waals surface area contributed by atoms with Crippen LogP contribution in [0.1, 0.15) is 46.0 Å². The van der Waals surface area contributed by atoms with Gasteiger partial charge in [-0.3, -0.25) is 0 Å². The first kappa shape index (κ1) is 9.05. The van der Waals surface area contributed by atoms with Crippen LogP contribution in [-0.4, -0.2) is 6.04 Å². The maximum atomic E-state index is 6.00. The molecule has 0 aromatic rings. The molecule has 1 unspecified atom stereocenters. The highest BCUT2D eigenvalue weighted by molar-refractivity contribution is 4.74. The lowest BCUT2D eigenvalue weighted by Gasteiger charge is -2.19. The Bertz CT molecular complexity index is 103. The molecule has 0 saturated heterocycles. The second-order valence-corrected chi connectivity index (χ2v) is 4.29. The molecule has 0 aliphatic heterocycles. The van der Waals surface area contributed by atoms with Crippen molar-refractivity contribution in [3.05, 3.63) is 0 Å². The average molecular weight is 155 g/mol. The van der Waals surface area contributed by atoms with Crippen LogP contribution >= 0.6 is 0 Å². The monoisotopic (exact) mass is 155 g/mol. The van der Waals surface area contributed by atoms with E-state index >= 15 is 0 Å². The highest BCUT2D eigenvalue weighted by Gasteiger charge is 2.19. The van der Waals surface area contributed by atoms with Crippen LogP contribution in [0.2, 0.25) is 0 Å². The Labute approximate surface area is 70.4 Å². The Morgan fingerprint density at radius 1 is 1.27 bits per heavy atom. The van der Waals surface area contributed by atoms with E-state index in [1.165, 1.54) is 32.1 Å². The molecule has 0 bridgehead atoms. The van der Waals surface area contributed by atoms with E-state index in [-0.39, 0.29) is 0 Å². The van der Waals surface area contributed by atoms with E-state index in [9.17, 15) is 0 Å². The largest absolute Gasteiger partial charge is 0.327 e. The minimum absolute atomic E-state index is 0.443. The maximum Gasteiger partial charge on any atom is 0.00645 e. The zero-order valence-electron chi connectivity index (χ0n) is 7.84. The molecule has 1 saturated carbocycles. The Kier molecular flexibility index (Phi) is 3.38. The van der Waals surface area contributed by atoms with Gasteiger partial charge in [0.1, 0.15) is 0 Å². The molecule has 0 heterocycles. The fourth-order valence-corrected chi connectivity index (χ4v) is 1.90. The summed E-state index contributed by atoms with van der Waals surface area (Å²) in [4.78, 5) is 0. The molecule has 1 fully saturated rings. The maximum absolute atomic E-state index is 6.00. The minimum Gasteiger partial charge on any atom is -0.327 e. The molecule has 0 spiro atoms. The van der Waals surface area contributed by atoms with Crippen LogP contribution < -0.4 is 5.73 Å². The summed E-state index contributed by atoms with van der Waals surface area (Å²) in [6.07, 6.45) is 7.00. The Balaban J connectivity index is 2.18. The topological polar surface area (TPSA) is 26.0 Å². The summed E-state index contributed by atoms with van der Waals surface area (Å²) in [6, 6.07) is 0.443. The fraction of sp³-hybridized carbons (Fsp3) is 1.00. The highest BCUT2D eigenvalue weighted by atomic mass is 14.6. The molecule has 2 N–H and O–H groups in total. The smallest absolute Gasteiger partial charge is 0.00645 e. The van der Waals surface area contributed by atoms with E-state index in [4.69, 9.17) is 5.73 Å². The van der Waals surface area contributed by atoms with Crippen molar-refractivity contribution in [2.75, 3.05) is 0 Å². The second kappa shape index (κ2) is 4.10. The van der Waals surface area contributed by atoms with Crippen molar-refractivity contribution < 1.29 is 0 Å². The van der Waals surface area contributed by atoms with Crippen molar-refractivity contribution >= 4 is 0 Å². The number of rotatable bonds is 3. The van der Waals surface area contributed by atoms with Gasteiger partial charge in [-0.25, -0.2) is 0 Å². The van der Waals surface area contributed by atoms with E-state index in [0.29, 0.717) is 12.0 Å². The molecule has 0 amide bonds. The number of nitrogens with two attached hydrogens (primary N) is 1. The molecule has 0 radical (unpaired) electrons. The predicted octanol–water partition coefficient (Wildman–Crippen LogP) is 2.55. The van der Waals surface area contributed by atoms with E-state index in [2.05, 4.69) is 13.8 Å². The third kappa shape index (κ3) is 2.82. The molecule has 66 valence electrons. The fourth-order valence-electron chi connectivity index (χ4n) is 1.90. The lowest BCUT2D eigenvalue weighted by molar-refractivity contribution is 0.377. The molecule has 1 aliphatic rings. The number of hydrogen-bond acceptors (Lipinski definition) is 1. The van der Waals surface area contributed by atoms with Crippen LogP contribution in [-0.2, 0) is 0 Å². The lowest BCUT2D eigenvalue weighted by Crippen LogP contribution is -2.28. The molecule has 1 nitrogen and oxygen atoms in total. The van der Waals surface area contributed by atoms with Gasteiger partial charge >= 0.3 is 0 Å². The van der Waals surface area contributed by atoms with Crippen LogP contribution in [0.25, 0.3) is 0 Å². The molecule has 1 atom stereocenters. The van der Waals surface area contributed by atoms with Gasteiger partial charge in [0.05, 0.1) is 0 Å². The van der Waals surface area contributed by atoms with Gasteiger partial charge in [0, 0.05) is 6.04 Å². The van der Waals surface area contributed by atoms with E-state index in [0.717, 1.165) is 5.92 Å². The summed E-state index contributed by atoms with van der Waals surface area (Å²) in [5.74, 6) is 1.61. The SMILES string of the molecule is CC(C)C(N)CC1CCCC1. The van der Waals surface area contributed by atoms with Crippen LogP contribution in [0.15, 0.2) is 0 Å². The zero-order chi connectivity index (χ0) is 8.27. The van der Waals surface area contributed by atoms with Crippen LogP contribution in [0.4, 0.5) is 0 Å². The summed E-state index contributed by atoms with van der Waals surface area (Å²) in [6.45, 7) is 4.44.